The van der Waals surface area contributed by atoms with E-state index in [9.17, 15) is 13.6 Å². The molecule has 0 aliphatic rings. The summed E-state index contributed by atoms with van der Waals surface area (Å²) in [5.74, 6) is -2.46. The van der Waals surface area contributed by atoms with Crippen LogP contribution in [0.5, 0.6) is 0 Å². The van der Waals surface area contributed by atoms with Crippen LogP contribution in [-0.4, -0.2) is 5.91 Å². The number of amides is 1. The van der Waals surface area contributed by atoms with Crippen molar-refractivity contribution in [2.45, 2.75) is 19.8 Å². The Bertz CT molecular complexity index is 648. The number of rotatable bonds is 4. The molecule has 5 heteroatoms. The van der Waals surface area contributed by atoms with Gasteiger partial charge in [0, 0.05) is 11.3 Å². The van der Waals surface area contributed by atoms with E-state index in [4.69, 9.17) is 5.73 Å². The van der Waals surface area contributed by atoms with Crippen molar-refractivity contribution in [3.63, 3.8) is 0 Å². The number of hydrogen-bond donors (Lipinski definition) is 2. The van der Waals surface area contributed by atoms with Crippen molar-refractivity contribution in [1.82, 2.24) is 0 Å². The van der Waals surface area contributed by atoms with Crippen LogP contribution in [0.1, 0.15) is 29.3 Å². The molecule has 0 fully saturated rings. The number of carbonyl (C=O) groups excluding carboxylic acids is 1. The standard InChI is InChI=1S/C16H16F2N2O/c1-2-5-10-6-3-4-7-14(10)20-16(21)11-8-12(17)15(19)13(18)9-11/h3-4,6-9H,2,5,19H2,1H3,(H,20,21). The lowest BCUT2D eigenvalue weighted by Gasteiger charge is -2.11. The third kappa shape index (κ3) is 3.37. The Hall–Kier alpha value is -2.43. The molecule has 0 heterocycles. The number of halogens is 2. The van der Waals surface area contributed by atoms with Gasteiger partial charge in [-0.05, 0) is 30.2 Å². The summed E-state index contributed by atoms with van der Waals surface area (Å²) in [5, 5.41) is 2.67. The van der Waals surface area contributed by atoms with Crippen LogP contribution >= 0.6 is 0 Å². The number of nitrogens with one attached hydrogen (secondary N) is 1. The van der Waals surface area contributed by atoms with Gasteiger partial charge in [0.05, 0.1) is 0 Å². The molecule has 0 saturated carbocycles. The zero-order valence-electron chi connectivity index (χ0n) is 11.6. The Morgan fingerprint density at radius 2 is 1.81 bits per heavy atom. The minimum absolute atomic E-state index is 0.106. The molecule has 2 rings (SSSR count). The van der Waals surface area contributed by atoms with E-state index in [1.165, 1.54) is 0 Å². The van der Waals surface area contributed by atoms with Crippen molar-refractivity contribution in [2.24, 2.45) is 0 Å². The summed E-state index contributed by atoms with van der Waals surface area (Å²) in [6.07, 6.45) is 1.74. The Morgan fingerprint density at radius 3 is 2.43 bits per heavy atom. The van der Waals surface area contributed by atoms with Crippen LogP contribution in [0.3, 0.4) is 0 Å². The van der Waals surface area contributed by atoms with Crippen molar-refractivity contribution in [1.29, 1.82) is 0 Å². The van der Waals surface area contributed by atoms with Crippen molar-refractivity contribution in [3.8, 4) is 0 Å². The number of nitrogen functional groups attached to an aromatic ring is 1. The molecule has 2 aromatic rings. The van der Waals surface area contributed by atoms with Crippen molar-refractivity contribution in [3.05, 3.63) is 59.2 Å². The van der Waals surface area contributed by atoms with E-state index in [1.807, 2.05) is 19.1 Å². The highest BCUT2D eigenvalue weighted by Gasteiger charge is 2.14. The second-order valence-corrected chi connectivity index (χ2v) is 4.71. The highest BCUT2D eigenvalue weighted by atomic mass is 19.1. The Labute approximate surface area is 121 Å². The Morgan fingerprint density at radius 1 is 1.19 bits per heavy atom. The van der Waals surface area contributed by atoms with Crippen molar-refractivity contribution >= 4 is 17.3 Å². The lowest BCUT2D eigenvalue weighted by Crippen LogP contribution is -2.14. The number of aryl methyl sites for hydroxylation is 1. The minimum atomic E-state index is -0.943. The van der Waals surface area contributed by atoms with Gasteiger partial charge in [-0.3, -0.25) is 4.79 Å². The second-order valence-electron chi connectivity index (χ2n) is 4.71. The molecule has 0 spiro atoms. The maximum absolute atomic E-state index is 13.4. The minimum Gasteiger partial charge on any atom is -0.394 e. The average Bonchev–Trinajstić information content (AvgIpc) is 2.46. The van der Waals surface area contributed by atoms with Crippen LogP contribution in [0.25, 0.3) is 0 Å². The fourth-order valence-corrected chi connectivity index (χ4v) is 2.04. The van der Waals surface area contributed by atoms with Crippen molar-refractivity contribution in [2.75, 3.05) is 11.1 Å². The summed E-state index contributed by atoms with van der Waals surface area (Å²) in [5.41, 5.74) is 6.11. The molecule has 0 saturated heterocycles. The van der Waals surface area contributed by atoms with Gasteiger partial charge >= 0.3 is 0 Å². The molecule has 0 bridgehead atoms. The highest BCUT2D eigenvalue weighted by Crippen LogP contribution is 2.20. The monoisotopic (exact) mass is 290 g/mol. The fraction of sp³-hybridized carbons (Fsp3) is 0.188. The SMILES string of the molecule is CCCc1ccccc1NC(=O)c1cc(F)c(N)c(F)c1. The van der Waals surface area contributed by atoms with Crippen LogP contribution in [0.2, 0.25) is 0 Å². The van der Waals surface area contributed by atoms with Gasteiger partial charge in [-0.15, -0.1) is 0 Å². The van der Waals surface area contributed by atoms with Gasteiger partial charge in [-0.2, -0.15) is 0 Å². The summed E-state index contributed by atoms with van der Waals surface area (Å²) in [6.45, 7) is 2.03. The summed E-state index contributed by atoms with van der Waals surface area (Å²) in [7, 11) is 0. The largest absolute Gasteiger partial charge is 0.394 e. The number of benzene rings is 2. The zero-order chi connectivity index (χ0) is 15.4. The van der Waals surface area contributed by atoms with Crippen LogP contribution in [0.4, 0.5) is 20.2 Å². The molecule has 1 amide bonds. The molecule has 0 aliphatic carbocycles. The first-order valence-corrected chi connectivity index (χ1v) is 6.66. The molecule has 0 atom stereocenters. The maximum atomic E-state index is 13.4. The summed E-state index contributed by atoms with van der Waals surface area (Å²) >= 11 is 0. The number of carbonyl (C=O) groups is 1. The number of hydrogen-bond acceptors (Lipinski definition) is 2. The molecule has 3 N–H and O–H groups in total. The van der Waals surface area contributed by atoms with Crippen LogP contribution in [-0.2, 0) is 6.42 Å². The van der Waals surface area contributed by atoms with Gasteiger partial charge in [-0.1, -0.05) is 31.5 Å². The molecule has 0 aromatic heterocycles. The highest BCUT2D eigenvalue weighted by molar-refractivity contribution is 6.04. The molecule has 2 aromatic carbocycles. The summed E-state index contributed by atoms with van der Waals surface area (Å²) in [6, 6.07) is 9.19. The average molecular weight is 290 g/mol. The Kier molecular flexibility index (Phi) is 4.52. The predicted molar refractivity (Wildman–Crippen MR) is 79.2 cm³/mol. The van der Waals surface area contributed by atoms with E-state index in [2.05, 4.69) is 5.32 Å². The first kappa shape index (κ1) is 15.0. The number of anilines is 2. The third-order valence-electron chi connectivity index (χ3n) is 3.13. The van der Waals surface area contributed by atoms with Gasteiger partial charge < -0.3 is 11.1 Å². The van der Waals surface area contributed by atoms with Crippen molar-refractivity contribution < 1.29 is 13.6 Å². The van der Waals surface area contributed by atoms with E-state index in [0.29, 0.717) is 5.69 Å². The lowest BCUT2D eigenvalue weighted by molar-refractivity contribution is 0.102. The molecular weight excluding hydrogens is 274 g/mol. The first-order valence-electron chi connectivity index (χ1n) is 6.66. The van der Waals surface area contributed by atoms with E-state index < -0.39 is 23.2 Å². The first-order chi connectivity index (χ1) is 10.0. The molecule has 0 radical (unpaired) electrons. The van der Waals surface area contributed by atoms with E-state index >= 15 is 0 Å². The van der Waals surface area contributed by atoms with Gasteiger partial charge in [0.1, 0.15) is 17.3 Å². The summed E-state index contributed by atoms with van der Waals surface area (Å²) in [4.78, 5) is 12.1. The molecule has 21 heavy (non-hydrogen) atoms. The molecule has 110 valence electrons. The van der Waals surface area contributed by atoms with E-state index in [0.717, 1.165) is 30.5 Å². The predicted octanol–water partition coefficient (Wildman–Crippen LogP) is 3.75. The van der Waals surface area contributed by atoms with Crippen LogP contribution in [0.15, 0.2) is 36.4 Å². The zero-order valence-corrected chi connectivity index (χ0v) is 11.6. The lowest BCUT2D eigenvalue weighted by atomic mass is 10.1. The third-order valence-corrected chi connectivity index (χ3v) is 3.13. The van der Waals surface area contributed by atoms with Gasteiger partial charge in [0.15, 0.2) is 0 Å². The maximum Gasteiger partial charge on any atom is 0.255 e. The van der Waals surface area contributed by atoms with E-state index in [1.54, 1.807) is 12.1 Å². The fourth-order valence-electron chi connectivity index (χ4n) is 2.04. The van der Waals surface area contributed by atoms with E-state index in [-0.39, 0.29) is 5.56 Å². The quantitative estimate of drug-likeness (QED) is 0.842. The number of nitrogens with two attached hydrogens (primary N) is 1. The second kappa shape index (κ2) is 6.35. The molecule has 3 nitrogen and oxygen atoms in total. The Balaban J connectivity index is 2.26. The normalized spacial score (nSPS) is 10.4. The molecule has 0 aliphatic heterocycles. The van der Waals surface area contributed by atoms with Crippen LogP contribution in [0, 0.1) is 11.6 Å². The smallest absolute Gasteiger partial charge is 0.255 e. The van der Waals surface area contributed by atoms with Crippen LogP contribution < -0.4 is 11.1 Å². The number of para-hydroxylation sites is 1. The van der Waals surface area contributed by atoms with Gasteiger partial charge in [0.2, 0.25) is 0 Å². The molecule has 0 unspecified atom stereocenters. The summed E-state index contributed by atoms with van der Waals surface area (Å²) < 4.78 is 26.8. The topological polar surface area (TPSA) is 55.1 Å². The molecular formula is C16H16F2N2O. The van der Waals surface area contributed by atoms with Gasteiger partial charge in [0.25, 0.3) is 5.91 Å². The van der Waals surface area contributed by atoms with Gasteiger partial charge in [-0.25, -0.2) is 8.78 Å².